The molecule has 2 heterocycles. The smallest absolute Gasteiger partial charge is 0.337 e. The van der Waals surface area contributed by atoms with Gasteiger partial charge in [0.1, 0.15) is 0 Å². The maximum absolute atomic E-state index is 12.7. The molecule has 2 bridgehead atoms. The molecule has 0 radical (unpaired) electrons. The SMILES string of the molecule is C[C@H]1CC[C@H]2C3=C1C(=O)O[C@@]31O[C@]3(C)C[C@@H](C[C@@H]2C)[C@]1(C)C3. The maximum Gasteiger partial charge on any atom is 0.337 e. The van der Waals surface area contributed by atoms with Crippen molar-refractivity contribution in [3.63, 3.8) is 0 Å². The van der Waals surface area contributed by atoms with Crippen LogP contribution in [0.15, 0.2) is 11.1 Å². The lowest BCUT2D eigenvalue weighted by Crippen LogP contribution is -2.52. The van der Waals surface area contributed by atoms with Gasteiger partial charge in [-0.15, -0.1) is 0 Å². The fourth-order valence-corrected chi connectivity index (χ4v) is 6.85. The normalized spacial score (nSPS) is 58.6. The van der Waals surface area contributed by atoms with Gasteiger partial charge in [-0.1, -0.05) is 20.8 Å². The van der Waals surface area contributed by atoms with Crippen molar-refractivity contribution < 1.29 is 14.3 Å². The number of hydrogen-bond donors (Lipinski definition) is 0. The van der Waals surface area contributed by atoms with E-state index in [4.69, 9.17) is 9.47 Å². The highest BCUT2D eigenvalue weighted by atomic mass is 16.7. The summed E-state index contributed by atoms with van der Waals surface area (Å²) in [4.78, 5) is 12.7. The molecular weight excluding hydrogens is 276 g/mol. The number of fused-ring (bicyclic) bond motifs is 1. The zero-order chi connectivity index (χ0) is 15.5. The summed E-state index contributed by atoms with van der Waals surface area (Å²) in [5.41, 5.74) is 2.09. The molecule has 22 heavy (non-hydrogen) atoms. The summed E-state index contributed by atoms with van der Waals surface area (Å²) in [6.45, 7) is 9.12. The lowest BCUT2D eigenvalue weighted by molar-refractivity contribution is -0.269. The fraction of sp³-hybridized carbons (Fsp3) is 0.842. The average molecular weight is 302 g/mol. The van der Waals surface area contributed by atoms with Gasteiger partial charge in [0.25, 0.3) is 0 Å². The highest BCUT2D eigenvalue weighted by molar-refractivity contribution is 5.94. The van der Waals surface area contributed by atoms with E-state index in [9.17, 15) is 4.79 Å². The third-order valence-electron chi connectivity index (χ3n) is 7.68. The van der Waals surface area contributed by atoms with Gasteiger partial charge in [-0.25, -0.2) is 4.79 Å². The van der Waals surface area contributed by atoms with Crippen LogP contribution < -0.4 is 0 Å². The number of carbonyl (C=O) groups is 1. The second-order valence-corrected chi connectivity index (χ2v) is 9.18. The van der Waals surface area contributed by atoms with Crippen molar-refractivity contribution in [2.75, 3.05) is 0 Å². The van der Waals surface area contributed by atoms with Crippen LogP contribution in [0.2, 0.25) is 0 Å². The third kappa shape index (κ3) is 1.25. The Morgan fingerprint density at radius 1 is 1.18 bits per heavy atom. The van der Waals surface area contributed by atoms with Gasteiger partial charge in [-0.3, -0.25) is 0 Å². The van der Waals surface area contributed by atoms with E-state index >= 15 is 0 Å². The van der Waals surface area contributed by atoms with E-state index < -0.39 is 5.79 Å². The average Bonchev–Trinajstić information content (AvgIpc) is 2.92. The first-order valence-electron chi connectivity index (χ1n) is 8.98. The predicted molar refractivity (Wildman–Crippen MR) is 81.8 cm³/mol. The summed E-state index contributed by atoms with van der Waals surface area (Å²) in [6.07, 6.45) is 5.70. The molecule has 2 aliphatic heterocycles. The summed E-state index contributed by atoms with van der Waals surface area (Å²) in [6, 6.07) is 0. The molecule has 5 rings (SSSR count). The zero-order valence-corrected chi connectivity index (χ0v) is 14.1. The van der Waals surface area contributed by atoms with Gasteiger partial charge in [-0.05, 0) is 62.7 Å². The number of hydrogen-bond acceptors (Lipinski definition) is 3. The minimum atomic E-state index is -0.735. The first-order chi connectivity index (χ1) is 10.3. The zero-order valence-electron chi connectivity index (χ0n) is 14.1. The molecule has 0 N–H and O–H groups in total. The van der Waals surface area contributed by atoms with Crippen LogP contribution in [0.5, 0.6) is 0 Å². The largest absolute Gasteiger partial charge is 0.425 e. The Bertz CT molecular complexity index is 622. The molecule has 7 atom stereocenters. The van der Waals surface area contributed by atoms with E-state index in [1.54, 1.807) is 0 Å². The predicted octanol–water partition coefficient (Wildman–Crippen LogP) is 3.83. The number of ether oxygens (including phenoxy) is 2. The van der Waals surface area contributed by atoms with Gasteiger partial charge in [0.05, 0.1) is 5.60 Å². The summed E-state index contributed by atoms with van der Waals surface area (Å²) >= 11 is 0. The molecule has 120 valence electrons. The fourth-order valence-electron chi connectivity index (χ4n) is 6.85. The monoisotopic (exact) mass is 302 g/mol. The first kappa shape index (κ1) is 13.6. The van der Waals surface area contributed by atoms with E-state index in [-0.39, 0.29) is 17.0 Å². The highest BCUT2D eigenvalue weighted by Crippen LogP contribution is 2.73. The van der Waals surface area contributed by atoms with Gasteiger partial charge >= 0.3 is 5.97 Å². The molecule has 2 saturated carbocycles. The van der Waals surface area contributed by atoms with E-state index in [0.717, 1.165) is 24.8 Å². The highest BCUT2D eigenvalue weighted by Gasteiger charge is 2.77. The van der Waals surface area contributed by atoms with Crippen molar-refractivity contribution in [3.8, 4) is 0 Å². The molecule has 5 aliphatic rings. The van der Waals surface area contributed by atoms with Gasteiger partial charge < -0.3 is 9.47 Å². The maximum atomic E-state index is 12.7. The van der Waals surface area contributed by atoms with E-state index in [0.29, 0.717) is 23.7 Å². The first-order valence-corrected chi connectivity index (χ1v) is 8.98. The number of rotatable bonds is 0. The quantitative estimate of drug-likeness (QED) is 0.638. The molecule has 0 aromatic rings. The summed E-state index contributed by atoms with van der Waals surface area (Å²) in [5.74, 6) is 1.21. The Labute approximate surface area is 132 Å². The molecule has 3 heteroatoms. The molecule has 0 amide bonds. The summed E-state index contributed by atoms with van der Waals surface area (Å²) < 4.78 is 12.7. The second kappa shape index (κ2) is 3.63. The Hall–Kier alpha value is -0.830. The molecule has 0 aromatic heterocycles. The lowest BCUT2D eigenvalue weighted by atomic mass is 9.67. The second-order valence-electron chi connectivity index (χ2n) is 9.18. The van der Waals surface area contributed by atoms with Gasteiger partial charge in [-0.2, -0.15) is 0 Å². The van der Waals surface area contributed by atoms with Gasteiger partial charge in [0, 0.05) is 16.6 Å². The molecule has 0 aromatic carbocycles. The molecule has 1 spiro atoms. The molecule has 0 unspecified atom stereocenters. The molecular formula is C19H26O3. The molecule has 1 saturated heterocycles. The van der Waals surface area contributed by atoms with Crippen LogP contribution >= 0.6 is 0 Å². The Morgan fingerprint density at radius 3 is 2.68 bits per heavy atom. The summed E-state index contributed by atoms with van der Waals surface area (Å²) in [5, 5.41) is 0. The minimum Gasteiger partial charge on any atom is -0.425 e. The Morgan fingerprint density at radius 2 is 1.95 bits per heavy atom. The van der Waals surface area contributed by atoms with E-state index in [1.807, 2.05) is 0 Å². The van der Waals surface area contributed by atoms with Crippen molar-refractivity contribution in [1.82, 2.24) is 0 Å². The van der Waals surface area contributed by atoms with Crippen molar-refractivity contribution in [3.05, 3.63) is 11.1 Å². The van der Waals surface area contributed by atoms with Crippen molar-refractivity contribution in [1.29, 1.82) is 0 Å². The standard InChI is InChI=1S/C19H26O3/c1-10-5-6-13-11(2)7-12-8-17(3)9-18(12,4)19(22-17)15(13)14(10)16(20)21-19/h10-13H,5-9H2,1-4H3/t10-,11-,12+,13+,17+,18-,19+/m0/s1. The number of esters is 1. The summed E-state index contributed by atoms with van der Waals surface area (Å²) in [7, 11) is 0. The van der Waals surface area contributed by atoms with Crippen molar-refractivity contribution in [2.45, 2.75) is 71.2 Å². The van der Waals surface area contributed by atoms with Crippen molar-refractivity contribution in [2.24, 2.45) is 29.1 Å². The molecule has 3 aliphatic carbocycles. The van der Waals surface area contributed by atoms with E-state index in [2.05, 4.69) is 27.7 Å². The van der Waals surface area contributed by atoms with E-state index in [1.165, 1.54) is 18.4 Å². The Balaban J connectivity index is 1.81. The van der Waals surface area contributed by atoms with Crippen LogP contribution in [0.25, 0.3) is 0 Å². The van der Waals surface area contributed by atoms with Crippen LogP contribution in [0, 0.1) is 29.1 Å². The Kier molecular flexibility index (Phi) is 2.24. The molecule has 3 nitrogen and oxygen atoms in total. The minimum absolute atomic E-state index is 0.0332. The van der Waals surface area contributed by atoms with Crippen molar-refractivity contribution >= 4 is 5.97 Å². The van der Waals surface area contributed by atoms with Gasteiger partial charge in [0.2, 0.25) is 5.79 Å². The van der Waals surface area contributed by atoms with Crippen LogP contribution in [-0.2, 0) is 14.3 Å². The van der Waals surface area contributed by atoms with Gasteiger partial charge in [0.15, 0.2) is 0 Å². The van der Waals surface area contributed by atoms with Crippen LogP contribution in [0.4, 0.5) is 0 Å². The lowest BCUT2D eigenvalue weighted by Gasteiger charge is -2.46. The van der Waals surface area contributed by atoms with Crippen LogP contribution in [-0.4, -0.2) is 17.4 Å². The topological polar surface area (TPSA) is 35.5 Å². The third-order valence-corrected chi connectivity index (χ3v) is 7.68. The van der Waals surface area contributed by atoms with Crippen LogP contribution in [0.3, 0.4) is 0 Å². The number of carbonyl (C=O) groups excluding carboxylic acids is 1. The molecule has 3 fully saturated rings. The van der Waals surface area contributed by atoms with Crippen LogP contribution in [0.1, 0.15) is 59.8 Å².